The summed E-state index contributed by atoms with van der Waals surface area (Å²) >= 11 is 0. The largest absolute Gasteiger partial charge is 0.296 e. The van der Waals surface area contributed by atoms with Gasteiger partial charge in [0.1, 0.15) is 5.82 Å². The van der Waals surface area contributed by atoms with Gasteiger partial charge in [-0.25, -0.2) is 12.8 Å². The second-order valence-electron chi connectivity index (χ2n) is 4.78. The quantitative estimate of drug-likeness (QED) is 0.817. The van der Waals surface area contributed by atoms with Gasteiger partial charge in [-0.2, -0.15) is 0 Å². The second-order valence-corrected chi connectivity index (χ2v) is 7.24. The lowest BCUT2D eigenvalue weighted by molar-refractivity contribution is 0.577. The van der Waals surface area contributed by atoms with Crippen LogP contribution in [-0.2, 0) is 9.05 Å². The Morgan fingerprint density at radius 3 is 2.65 bits per heavy atom. The first-order valence-electron chi connectivity index (χ1n) is 6.04. The van der Waals surface area contributed by atoms with Crippen molar-refractivity contribution in [1.29, 1.82) is 0 Å². The molecule has 2 aromatic rings. The maximum Gasteiger partial charge on any atom is 0.296 e. The zero-order valence-corrected chi connectivity index (χ0v) is 12.1. The molecule has 1 saturated carbocycles. The van der Waals surface area contributed by atoms with Crippen LogP contribution in [0.1, 0.15) is 24.4 Å². The van der Waals surface area contributed by atoms with Gasteiger partial charge < -0.3 is 0 Å². The minimum atomic E-state index is -4.01. The van der Waals surface area contributed by atoms with E-state index in [4.69, 9.17) is 10.7 Å². The van der Waals surface area contributed by atoms with Crippen LogP contribution in [0.4, 0.5) is 4.39 Å². The summed E-state index contributed by atoms with van der Waals surface area (Å²) in [6, 6.07) is 4.84. The second kappa shape index (κ2) is 4.53. The fourth-order valence-corrected chi connectivity index (χ4v) is 3.03. The first-order chi connectivity index (χ1) is 9.39. The van der Waals surface area contributed by atoms with Crippen molar-refractivity contribution in [2.75, 3.05) is 0 Å². The van der Waals surface area contributed by atoms with Crippen LogP contribution in [0.25, 0.3) is 11.4 Å². The van der Waals surface area contributed by atoms with Crippen LogP contribution in [0.2, 0.25) is 0 Å². The molecule has 0 N–H and O–H groups in total. The zero-order valence-electron chi connectivity index (χ0n) is 10.5. The molecule has 20 heavy (non-hydrogen) atoms. The van der Waals surface area contributed by atoms with Gasteiger partial charge in [0.2, 0.25) is 0 Å². The third kappa shape index (κ3) is 2.20. The van der Waals surface area contributed by atoms with E-state index >= 15 is 0 Å². The smallest absolute Gasteiger partial charge is 0.294 e. The molecule has 0 bridgehead atoms. The molecular formula is C12H11ClFN3O2S. The first-order valence-corrected chi connectivity index (χ1v) is 8.35. The van der Waals surface area contributed by atoms with E-state index in [2.05, 4.69) is 10.2 Å². The third-order valence-corrected chi connectivity index (χ3v) is 4.36. The van der Waals surface area contributed by atoms with Crippen LogP contribution in [-0.4, -0.2) is 23.2 Å². The molecule has 5 nitrogen and oxygen atoms in total. The summed E-state index contributed by atoms with van der Waals surface area (Å²) in [5, 5.41) is 7.13. The summed E-state index contributed by atoms with van der Waals surface area (Å²) in [5.41, 5.74) is 0.694. The highest BCUT2D eigenvalue weighted by atomic mass is 35.7. The number of aryl methyl sites for hydroxylation is 1. The van der Waals surface area contributed by atoms with E-state index in [1.807, 2.05) is 0 Å². The van der Waals surface area contributed by atoms with Gasteiger partial charge in [-0.1, -0.05) is 12.1 Å². The molecule has 106 valence electrons. The van der Waals surface area contributed by atoms with E-state index in [-0.39, 0.29) is 22.6 Å². The van der Waals surface area contributed by atoms with Gasteiger partial charge >= 0.3 is 0 Å². The molecule has 8 heteroatoms. The minimum Gasteiger partial charge on any atom is -0.294 e. The molecule has 0 radical (unpaired) electrons. The number of nitrogens with zero attached hydrogens (tertiary/aromatic N) is 3. The molecule has 3 rings (SSSR count). The lowest BCUT2D eigenvalue weighted by Crippen LogP contribution is -2.07. The number of hydrogen-bond donors (Lipinski definition) is 0. The van der Waals surface area contributed by atoms with Gasteiger partial charge in [-0.05, 0) is 31.4 Å². The fourth-order valence-electron chi connectivity index (χ4n) is 2.11. The Kier molecular flexibility index (Phi) is 3.06. The number of hydrogen-bond acceptors (Lipinski definition) is 4. The van der Waals surface area contributed by atoms with Gasteiger partial charge in [-0.3, -0.25) is 4.57 Å². The van der Waals surface area contributed by atoms with Crippen LogP contribution < -0.4 is 0 Å². The summed E-state index contributed by atoms with van der Waals surface area (Å²) < 4.78 is 38.7. The number of halogens is 2. The normalized spacial score (nSPS) is 15.6. The molecule has 1 aliphatic rings. The molecule has 1 aromatic carbocycles. The SMILES string of the molecule is Cc1cccc(-c2nnc(S(=O)(=O)Cl)n2C2CC2)c1F. The van der Waals surface area contributed by atoms with Crippen molar-refractivity contribution in [1.82, 2.24) is 14.8 Å². The maximum atomic E-state index is 14.2. The van der Waals surface area contributed by atoms with Crippen molar-refractivity contribution in [3.8, 4) is 11.4 Å². The highest BCUT2D eigenvalue weighted by molar-refractivity contribution is 8.13. The Bertz CT molecular complexity index is 784. The molecule has 0 atom stereocenters. The monoisotopic (exact) mass is 315 g/mol. The summed E-state index contributed by atoms with van der Waals surface area (Å²) in [5.74, 6) is -0.228. The number of aromatic nitrogens is 3. The van der Waals surface area contributed by atoms with Crippen molar-refractivity contribution in [2.24, 2.45) is 0 Å². The predicted octanol–water partition coefficient (Wildman–Crippen LogP) is 2.66. The lowest BCUT2D eigenvalue weighted by atomic mass is 10.1. The topological polar surface area (TPSA) is 64.8 Å². The van der Waals surface area contributed by atoms with Gasteiger partial charge in [0, 0.05) is 16.7 Å². The summed E-state index contributed by atoms with van der Waals surface area (Å²) in [6.07, 6.45) is 1.61. The average molecular weight is 316 g/mol. The fraction of sp³-hybridized carbons (Fsp3) is 0.333. The van der Waals surface area contributed by atoms with Crippen molar-refractivity contribution in [3.05, 3.63) is 29.6 Å². The highest BCUT2D eigenvalue weighted by Gasteiger charge is 2.34. The molecule has 0 unspecified atom stereocenters. The van der Waals surface area contributed by atoms with Crippen molar-refractivity contribution in [3.63, 3.8) is 0 Å². The summed E-state index contributed by atoms with van der Waals surface area (Å²) in [6.45, 7) is 1.63. The number of benzene rings is 1. The predicted molar refractivity (Wildman–Crippen MR) is 71.5 cm³/mol. The van der Waals surface area contributed by atoms with E-state index < -0.39 is 14.9 Å². The van der Waals surface area contributed by atoms with E-state index in [0.717, 1.165) is 12.8 Å². The molecule has 1 fully saturated rings. The maximum absolute atomic E-state index is 14.2. The summed E-state index contributed by atoms with van der Waals surface area (Å²) in [4.78, 5) is 0. The van der Waals surface area contributed by atoms with Gasteiger partial charge in [0.25, 0.3) is 14.2 Å². The number of rotatable bonds is 3. The Balaban J connectivity index is 2.25. The molecule has 0 amide bonds. The molecule has 0 aliphatic heterocycles. The molecule has 1 aromatic heterocycles. The minimum absolute atomic E-state index is 0.0385. The Hall–Kier alpha value is -1.47. The van der Waals surface area contributed by atoms with Crippen LogP contribution in [0.3, 0.4) is 0 Å². The average Bonchev–Trinajstić information content (AvgIpc) is 3.10. The van der Waals surface area contributed by atoms with Crippen molar-refractivity contribution < 1.29 is 12.8 Å². The zero-order chi connectivity index (χ0) is 14.5. The van der Waals surface area contributed by atoms with Crippen molar-refractivity contribution in [2.45, 2.75) is 31.0 Å². The van der Waals surface area contributed by atoms with E-state index in [1.165, 1.54) is 4.57 Å². The van der Waals surface area contributed by atoms with E-state index in [9.17, 15) is 12.8 Å². The van der Waals surface area contributed by atoms with Gasteiger partial charge in [0.15, 0.2) is 5.82 Å². The lowest BCUT2D eigenvalue weighted by Gasteiger charge is -2.09. The van der Waals surface area contributed by atoms with Gasteiger partial charge in [-0.15, -0.1) is 10.2 Å². The first kappa shape index (κ1) is 13.5. The Labute approximate surface area is 119 Å². The van der Waals surface area contributed by atoms with Gasteiger partial charge in [0.05, 0.1) is 5.56 Å². The van der Waals surface area contributed by atoms with Crippen LogP contribution >= 0.6 is 10.7 Å². The molecule has 1 heterocycles. The van der Waals surface area contributed by atoms with Crippen LogP contribution in [0.5, 0.6) is 0 Å². The molecule has 1 aliphatic carbocycles. The Morgan fingerprint density at radius 2 is 2.05 bits per heavy atom. The standard InChI is InChI=1S/C12H11ClFN3O2S/c1-7-3-2-4-9(10(7)14)11-15-16-12(20(13,18)19)17(11)8-5-6-8/h2-4,8H,5-6H2,1H3. The highest BCUT2D eigenvalue weighted by Crippen LogP contribution is 2.40. The Morgan fingerprint density at radius 1 is 1.35 bits per heavy atom. The molecule has 0 spiro atoms. The molecule has 0 saturated heterocycles. The summed E-state index contributed by atoms with van der Waals surface area (Å²) in [7, 11) is 1.35. The van der Waals surface area contributed by atoms with E-state index in [0.29, 0.717) is 5.56 Å². The van der Waals surface area contributed by atoms with E-state index in [1.54, 1.807) is 25.1 Å². The molecular weight excluding hydrogens is 305 g/mol. The van der Waals surface area contributed by atoms with Crippen LogP contribution in [0, 0.1) is 12.7 Å². The van der Waals surface area contributed by atoms with Crippen LogP contribution in [0.15, 0.2) is 23.4 Å². The third-order valence-electron chi connectivity index (χ3n) is 3.23. The van der Waals surface area contributed by atoms with Crippen molar-refractivity contribution >= 4 is 19.7 Å².